The Morgan fingerprint density at radius 3 is 2.96 bits per heavy atom. The molecule has 1 saturated heterocycles. The van der Waals surface area contributed by atoms with Gasteiger partial charge in [-0.3, -0.25) is 10.4 Å². The molecule has 1 aliphatic rings. The van der Waals surface area contributed by atoms with Crippen molar-refractivity contribution < 1.29 is 4.79 Å². The Hall–Kier alpha value is -1.96. The molecule has 2 amide bonds. The van der Waals surface area contributed by atoms with Crippen LogP contribution in [-0.4, -0.2) is 37.9 Å². The first kappa shape index (κ1) is 16.9. The number of piperidine rings is 1. The molecule has 2 aromatic heterocycles. The van der Waals surface area contributed by atoms with Gasteiger partial charge in [0, 0.05) is 24.2 Å². The molecule has 0 aliphatic carbocycles. The lowest BCUT2D eigenvalue weighted by atomic mass is 9.98. The van der Waals surface area contributed by atoms with Crippen molar-refractivity contribution in [1.29, 1.82) is 0 Å². The van der Waals surface area contributed by atoms with E-state index < -0.39 is 0 Å². The molecule has 1 atom stereocenters. The normalized spacial score (nSPS) is 18.1. The van der Waals surface area contributed by atoms with Gasteiger partial charge in [0.05, 0.1) is 12.2 Å². The summed E-state index contributed by atoms with van der Waals surface area (Å²) in [6, 6.07) is -0.0305. The Morgan fingerprint density at radius 1 is 1.42 bits per heavy atom. The molecular formula is C16H24N6OS. The lowest BCUT2D eigenvalue weighted by Crippen LogP contribution is -2.41. The van der Waals surface area contributed by atoms with Crippen molar-refractivity contribution in [2.45, 2.75) is 57.9 Å². The van der Waals surface area contributed by atoms with Gasteiger partial charge in [0.1, 0.15) is 5.01 Å². The minimum absolute atomic E-state index is 0.0731. The van der Waals surface area contributed by atoms with Crippen molar-refractivity contribution in [3.05, 3.63) is 23.0 Å². The molecule has 8 heteroatoms. The van der Waals surface area contributed by atoms with Crippen LogP contribution in [0.5, 0.6) is 0 Å². The third-order valence-corrected chi connectivity index (χ3v) is 5.66. The number of amides is 2. The molecule has 3 rings (SSSR count). The van der Waals surface area contributed by atoms with Gasteiger partial charge in [0.15, 0.2) is 0 Å². The van der Waals surface area contributed by atoms with E-state index in [1.165, 1.54) is 11.3 Å². The lowest BCUT2D eigenvalue weighted by molar-refractivity contribution is 0.163. The molecule has 0 bridgehead atoms. The van der Waals surface area contributed by atoms with E-state index in [-0.39, 0.29) is 12.1 Å². The van der Waals surface area contributed by atoms with Crippen LogP contribution >= 0.6 is 11.3 Å². The summed E-state index contributed by atoms with van der Waals surface area (Å²) < 4.78 is 0. The van der Waals surface area contributed by atoms with E-state index in [1.54, 1.807) is 6.20 Å². The number of H-pyrrole nitrogens is 1. The second-order valence-electron chi connectivity index (χ2n) is 6.13. The summed E-state index contributed by atoms with van der Waals surface area (Å²) in [4.78, 5) is 14.6. The molecule has 1 fully saturated rings. The second kappa shape index (κ2) is 7.74. The summed E-state index contributed by atoms with van der Waals surface area (Å²) in [5, 5.41) is 19.8. The summed E-state index contributed by atoms with van der Waals surface area (Å²) in [5.41, 5.74) is 1.06. The Balaban J connectivity index is 1.69. The second-order valence-corrected chi connectivity index (χ2v) is 7.13. The van der Waals surface area contributed by atoms with Crippen LogP contribution in [0.25, 0.3) is 0 Å². The van der Waals surface area contributed by atoms with Crippen molar-refractivity contribution in [3.63, 3.8) is 0 Å². The quantitative estimate of drug-likeness (QED) is 0.857. The van der Waals surface area contributed by atoms with Crippen LogP contribution in [0.3, 0.4) is 0 Å². The highest BCUT2D eigenvalue weighted by molar-refractivity contribution is 7.15. The predicted molar refractivity (Wildman–Crippen MR) is 94.1 cm³/mol. The zero-order valence-electron chi connectivity index (χ0n) is 14.2. The Morgan fingerprint density at radius 2 is 2.25 bits per heavy atom. The van der Waals surface area contributed by atoms with E-state index in [2.05, 4.69) is 39.6 Å². The van der Waals surface area contributed by atoms with E-state index in [0.717, 1.165) is 49.2 Å². The monoisotopic (exact) mass is 348 g/mol. The number of hydrogen-bond acceptors (Lipinski definition) is 5. The average molecular weight is 348 g/mol. The fourth-order valence-corrected chi connectivity index (χ4v) is 4.22. The van der Waals surface area contributed by atoms with Crippen molar-refractivity contribution in [2.75, 3.05) is 11.9 Å². The van der Waals surface area contributed by atoms with E-state index in [4.69, 9.17) is 0 Å². The molecule has 2 aromatic rings. The number of hydrogen-bond donors (Lipinski definition) is 2. The summed E-state index contributed by atoms with van der Waals surface area (Å²) in [6.07, 6.45) is 8.84. The highest BCUT2D eigenvalue weighted by atomic mass is 32.1. The maximum Gasteiger partial charge on any atom is 0.324 e. The van der Waals surface area contributed by atoms with Gasteiger partial charge in [0.2, 0.25) is 5.13 Å². The largest absolute Gasteiger partial charge is 0.324 e. The molecule has 7 nitrogen and oxygen atoms in total. The smallest absolute Gasteiger partial charge is 0.317 e. The number of carbonyl (C=O) groups is 1. The zero-order chi connectivity index (χ0) is 16.9. The van der Waals surface area contributed by atoms with Gasteiger partial charge in [-0.2, -0.15) is 5.10 Å². The van der Waals surface area contributed by atoms with Crippen molar-refractivity contribution in [2.24, 2.45) is 0 Å². The highest BCUT2D eigenvalue weighted by Crippen LogP contribution is 2.32. The van der Waals surface area contributed by atoms with Gasteiger partial charge in [-0.15, -0.1) is 10.2 Å². The molecule has 3 heterocycles. The fraction of sp³-hybridized carbons (Fsp3) is 0.625. The van der Waals surface area contributed by atoms with Crippen LogP contribution in [0.2, 0.25) is 0 Å². The maximum absolute atomic E-state index is 12.7. The minimum Gasteiger partial charge on any atom is -0.317 e. The number of rotatable bonds is 5. The van der Waals surface area contributed by atoms with Gasteiger partial charge in [0.25, 0.3) is 0 Å². The van der Waals surface area contributed by atoms with E-state index in [0.29, 0.717) is 11.0 Å². The predicted octanol–water partition coefficient (Wildman–Crippen LogP) is 3.92. The maximum atomic E-state index is 12.7. The van der Waals surface area contributed by atoms with Crippen LogP contribution in [-0.2, 0) is 0 Å². The molecule has 130 valence electrons. The summed E-state index contributed by atoms with van der Waals surface area (Å²) in [7, 11) is 0. The Labute approximate surface area is 145 Å². The van der Waals surface area contributed by atoms with Gasteiger partial charge < -0.3 is 4.90 Å². The summed E-state index contributed by atoms with van der Waals surface area (Å²) >= 11 is 1.48. The third-order valence-electron chi connectivity index (χ3n) is 4.66. The summed E-state index contributed by atoms with van der Waals surface area (Å²) in [5.74, 6) is 0.418. The van der Waals surface area contributed by atoms with Crippen LogP contribution in [0.1, 0.15) is 68.5 Å². The number of nitrogens with one attached hydrogen (secondary N) is 2. The molecule has 2 N–H and O–H groups in total. The van der Waals surface area contributed by atoms with Crippen molar-refractivity contribution in [3.8, 4) is 0 Å². The number of urea groups is 1. The number of aromatic nitrogens is 4. The van der Waals surface area contributed by atoms with Gasteiger partial charge in [-0.1, -0.05) is 25.2 Å². The Bertz CT molecular complexity index is 651. The number of nitrogens with zero attached hydrogens (tertiary/aromatic N) is 4. The molecule has 0 radical (unpaired) electrons. The molecule has 24 heavy (non-hydrogen) atoms. The standard InChI is InChI=1S/C16H24N6OS/c1-3-11(4-2)14-20-21-15(24-14)19-16(23)22-8-6-5-7-13(22)12-9-17-18-10-12/h9-11,13H,3-8H2,1-2H3,(H,17,18)(H,19,21,23). The highest BCUT2D eigenvalue weighted by Gasteiger charge is 2.29. The van der Waals surface area contributed by atoms with Crippen molar-refractivity contribution in [1.82, 2.24) is 25.3 Å². The lowest BCUT2D eigenvalue weighted by Gasteiger charge is -2.34. The minimum atomic E-state index is -0.104. The van der Waals surface area contributed by atoms with Crippen LogP contribution in [0, 0.1) is 0 Å². The van der Waals surface area contributed by atoms with Crippen LogP contribution in [0.4, 0.5) is 9.93 Å². The first-order valence-corrected chi connectivity index (χ1v) is 9.44. The third kappa shape index (κ3) is 3.58. The molecule has 0 aromatic carbocycles. The number of aromatic amines is 1. The number of likely N-dealkylation sites (tertiary alicyclic amines) is 1. The first-order valence-electron chi connectivity index (χ1n) is 8.62. The summed E-state index contributed by atoms with van der Waals surface area (Å²) in [6.45, 7) is 5.05. The van der Waals surface area contributed by atoms with E-state index in [1.807, 2.05) is 11.1 Å². The molecule has 0 saturated carbocycles. The molecule has 1 aliphatic heterocycles. The molecule has 0 spiro atoms. The number of carbonyl (C=O) groups excluding carboxylic acids is 1. The molecular weight excluding hydrogens is 324 g/mol. The van der Waals surface area contributed by atoms with Crippen LogP contribution < -0.4 is 5.32 Å². The zero-order valence-corrected chi connectivity index (χ0v) is 15.0. The first-order chi connectivity index (χ1) is 11.7. The van der Waals surface area contributed by atoms with Crippen LogP contribution in [0.15, 0.2) is 12.4 Å². The number of anilines is 1. The van der Waals surface area contributed by atoms with E-state index in [9.17, 15) is 4.79 Å². The van der Waals surface area contributed by atoms with E-state index >= 15 is 0 Å². The van der Waals surface area contributed by atoms with Gasteiger partial charge in [-0.25, -0.2) is 4.79 Å². The Kier molecular flexibility index (Phi) is 5.44. The van der Waals surface area contributed by atoms with Crippen molar-refractivity contribution >= 4 is 22.5 Å². The fourth-order valence-electron chi connectivity index (χ4n) is 3.22. The van der Waals surface area contributed by atoms with Gasteiger partial charge >= 0.3 is 6.03 Å². The topological polar surface area (TPSA) is 86.8 Å². The average Bonchev–Trinajstić information content (AvgIpc) is 3.28. The molecule has 1 unspecified atom stereocenters. The SMILES string of the molecule is CCC(CC)c1nnc(NC(=O)N2CCCCC2c2cn[nH]c2)s1. The van der Waals surface area contributed by atoms with Gasteiger partial charge in [-0.05, 0) is 32.1 Å².